The van der Waals surface area contributed by atoms with Gasteiger partial charge in [-0.3, -0.25) is 4.98 Å². The zero-order valence-electron chi connectivity index (χ0n) is 9.25. The number of hydrogen-bond acceptors (Lipinski definition) is 3. The van der Waals surface area contributed by atoms with Crippen LogP contribution in [0.2, 0.25) is 0 Å². The second kappa shape index (κ2) is 5.01. The van der Waals surface area contributed by atoms with Crippen molar-refractivity contribution in [2.45, 2.75) is 16.7 Å². The molecule has 0 fully saturated rings. The molecule has 0 spiro atoms. The number of carboxylic acids is 1. The predicted octanol–water partition coefficient (Wildman–Crippen LogP) is 3.24. The minimum atomic E-state index is -0.904. The zero-order valence-corrected chi connectivity index (χ0v) is 10.1. The first kappa shape index (κ1) is 11.7. The third-order valence-corrected chi connectivity index (χ3v) is 3.16. The highest BCUT2D eigenvalue weighted by molar-refractivity contribution is 7.99. The number of pyridine rings is 1. The molecule has 0 amide bonds. The molecule has 2 rings (SSSR count). The molecule has 3 nitrogen and oxygen atoms in total. The van der Waals surface area contributed by atoms with Gasteiger partial charge in [-0.05, 0) is 37.3 Å². The highest BCUT2D eigenvalue weighted by Gasteiger charge is 2.04. The summed E-state index contributed by atoms with van der Waals surface area (Å²) in [6.07, 6.45) is 1.75. The summed E-state index contributed by atoms with van der Waals surface area (Å²) >= 11 is 1.53. The van der Waals surface area contributed by atoms with Crippen LogP contribution < -0.4 is 0 Å². The summed E-state index contributed by atoms with van der Waals surface area (Å²) in [7, 11) is 0. The topological polar surface area (TPSA) is 50.2 Å². The van der Waals surface area contributed by atoms with E-state index in [0.717, 1.165) is 15.5 Å². The molecule has 86 valence electrons. The number of rotatable bonds is 3. The van der Waals surface area contributed by atoms with E-state index >= 15 is 0 Å². The number of aromatic nitrogens is 1. The van der Waals surface area contributed by atoms with Crippen molar-refractivity contribution in [2.75, 3.05) is 0 Å². The molecule has 1 aromatic heterocycles. The Labute approximate surface area is 104 Å². The van der Waals surface area contributed by atoms with Crippen LogP contribution >= 0.6 is 11.8 Å². The molecule has 4 heteroatoms. The van der Waals surface area contributed by atoms with Gasteiger partial charge >= 0.3 is 5.97 Å². The fraction of sp³-hybridized carbons (Fsp3) is 0.0769. The second-order valence-electron chi connectivity index (χ2n) is 3.57. The lowest BCUT2D eigenvalue weighted by molar-refractivity contribution is 0.0696. The smallest absolute Gasteiger partial charge is 0.335 e. The van der Waals surface area contributed by atoms with E-state index in [2.05, 4.69) is 4.98 Å². The zero-order chi connectivity index (χ0) is 12.3. The molecule has 1 heterocycles. The van der Waals surface area contributed by atoms with Crippen LogP contribution in [0.1, 0.15) is 16.1 Å². The van der Waals surface area contributed by atoms with Gasteiger partial charge in [0, 0.05) is 21.7 Å². The van der Waals surface area contributed by atoms with Crippen molar-refractivity contribution >= 4 is 17.7 Å². The monoisotopic (exact) mass is 245 g/mol. The van der Waals surface area contributed by atoms with Gasteiger partial charge in [-0.1, -0.05) is 17.8 Å². The van der Waals surface area contributed by atoms with Crippen molar-refractivity contribution in [3.8, 4) is 0 Å². The largest absolute Gasteiger partial charge is 0.478 e. The molecule has 0 bridgehead atoms. The quantitative estimate of drug-likeness (QED) is 0.901. The van der Waals surface area contributed by atoms with Crippen LogP contribution in [0.5, 0.6) is 0 Å². The Morgan fingerprint density at radius 1 is 1.24 bits per heavy atom. The lowest BCUT2D eigenvalue weighted by Crippen LogP contribution is -1.95. The van der Waals surface area contributed by atoms with Crippen LogP contribution in [0, 0.1) is 6.92 Å². The van der Waals surface area contributed by atoms with E-state index in [1.807, 2.05) is 25.1 Å². The van der Waals surface area contributed by atoms with Crippen molar-refractivity contribution in [3.05, 3.63) is 53.9 Å². The molecule has 0 aliphatic heterocycles. The number of carbonyl (C=O) groups is 1. The summed E-state index contributed by atoms with van der Waals surface area (Å²) in [5, 5.41) is 8.90. The summed E-state index contributed by atoms with van der Waals surface area (Å²) in [5.74, 6) is -0.904. The lowest BCUT2D eigenvalue weighted by atomic mass is 10.2. The second-order valence-corrected chi connectivity index (χ2v) is 4.71. The molecule has 1 aromatic carbocycles. The first-order valence-electron chi connectivity index (χ1n) is 5.09. The maximum atomic E-state index is 10.8. The molecule has 0 saturated carbocycles. The molecule has 17 heavy (non-hydrogen) atoms. The summed E-state index contributed by atoms with van der Waals surface area (Å²) in [6, 6.07) is 10.8. The van der Waals surface area contributed by atoms with Crippen molar-refractivity contribution in [1.29, 1.82) is 0 Å². The van der Waals surface area contributed by atoms with Crippen molar-refractivity contribution in [1.82, 2.24) is 4.98 Å². The summed E-state index contributed by atoms with van der Waals surface area (Å²) in [6.45, 7) is 1.93. The number of hydrogen-bond donors (Lipinski definition) is 1. The van der Waals surface area contributed by atoms with Crippen LogP contribution in [0.3, 0.4) is 0 Å². The average molecular weight is 245 g/mol. The Morgan fingerprint density at radius 2 is 2.00 bits per heavy atom. The van der Waals surface area contributed by atoms with Crippen molar-refractivity contribution in [2.24, 2.45) is 0 Å². The minimum absolute atomic E-state index is 0.306. The third-order valence-electron chi connectivity index (χ3n) is 2.18. The molecular weight excluding hydrogens is 234 g/mol. The van der Waals surface area contributed by atoms with Gasteiger partial charge < -0.3 is 5.11 Å². The first-order valence-corrected chi connectivity index (χ1v) is 5.91. The van der Waals surface area contributed by atoms with Gasteiger partial charge in [0.2, 0.25) is 0 Å². The van der Waals surface area contributed by atoms with E-state index in [1.54, 1.807) is 24.4 Å². The fourth-order valence-corrected chi connectivity index (χ4v) is 2.37. The van der Waals surface area contributed by atoms with Gasteiger partial charge in [0.25, 0.3) is 0 Å². The van der Waals surface area contributed by atoms with Crippen molar-refractivity contribution in [3.63, 3.8) is 0 Å². The highest BCUT2D eigenvalue weighted by atomic mass is 32.2. The molecule has 0 aliphatic carbocycles. The minimum Gasteiger partial charge on any atom is -0.478 e. The van der Waals surface area contributed by atoms with E-state index < -0.39 is 5.97 Å². The Bertz CT molecular complexity index is 555. The van der Waals surface area contributed by atoms with Gasteiger partial charge in [-0.15, -0.1) is 0 Å². The molecule has 0 unspecified atom stereocenters. The standard InChI is InChI=1S/C13H11NO2S/c1-9-7-12(5-6-14-9)17-11-4-2-3-10(8-11)13(15)16/h2-8H,1H3,(H,15,16). The number of aryl methyl sites for hydroxylation is 1. The summed E-state index contributed by atoms with van der Waals surface area (Å²) < 4.78 is 0. The maximum absolute atomic E-state index is 10.8. The molecule has 2 aromatic rings. The van der Waals surface area contributed by atoms with Gasteiger partial charge in [-0.25, -0.2) is 4.79 Å². The highest BCUT2D eigenvalue weighted by Crippen LogP contribution is 2.28. The van der Waals surface area contributed by atoms with Gasteiger partial charge in [0.1, 0.15) is 0 Å². The van der Waals surface area contributed by atoms with Gasteiger partial charge in [0.05, 0.1) is 5.56 Å². The van der Waals surface area contributed by atoms with E-state index in [1.165, 1.54) is 11.8 Å². The third kappa shape index (κ3) is 3.07. The molecule has 0 radical (unpaired) electrons. The van der Waals surface area contributed by atoms with Gasteiger partial charge in [-0.2, -0.15) is 0 Å². The number of nitrogens with zero attached hydrogens (tertiary/aromatic N) is 1. The summed E-state index contributed by atoms with van der Waals surface area (Å²) in [5.41, 5.74) is 1.25. The van der Waals surface area contributed by atoms with Crippen LogP contribution in [0.15, 0.2) is 52.4 Å². The Balaban J connectivity index is 2.24. The molecule has 0 atom stereocenters. The van der Waals surface area contributed by atoms with Crippen LogP contribution in [0.25, 0.3) is 0 Å². The van der Waals surface area contributed by atoms with Gasteiger partial charge in [0.15, 0.2) is 0 Å². The number of carboxylic acid groups (broad SMARTS) is 1. The lowest BCUT2D eigenvalue weighted by Gasteiger charge is -2.03. The number of aromatic carboxylic acids is 1. The van der Waals surface area contributed by atoms with Crippen LogP contribution in [-0.2, 0) is 0 Å². The van der Waals surface area contributed by atoms with Crippen molar-refractivity contribution < 1.29 is 9.90 Å². The van der Waals surface area contributed by atoms with Crippen LogP contribution in [0.4, 0.5) is 0 Å². The average Bonchev–Trinajstić information content (AvgIpc) is 2.29. The van der Waals surface area contributed by atoms with E-state index in [-0.39, 0.29) is 0 Å². The predicted molar refractivity (Wildman–Crippen MR) is 66.5 cm³/mol. The van der Waals surface area contributed by atoms with Crippen LogP contribution in [-0.4, -0.2) is 16.1 Å². The Hall–Kier alpha value is -1.81. The molecule has 0 saturated heterocycles. The van der Waals surface area contributed by atoms with E-state index in [0.29, 0.717) is 5.56 Å². The molecule has 0 aliphatic rings. The number of benzene rings is 1. The normalized spacial score (nSPS) is 10.2. The van der Waals surface area contributed by atoms with E-state index in [9.17, 15) is 4.79 Å². The molecular formula is C13H11NO2S. The molecule has 1 N–H and O–H groups in total. The Kier molecular flexibility index (Phi) is 3.44. The van der Waals surface area contributed by atoms with E-state index in [4.69, 9.17) is 5.11 Å². The summed E-state index contributed by atoms with van der Waals surface area (Å²) in [4.78, 5) is 16.9. The first-order chi connectivity index (χ1) is 8.15. The Morgan fingerprint density at radius 3 is 2.71 bits per heavy atom. The fourth-order valence-electron chi connectivity index (χ4n) is 1.41. The maximum Gasteiger partial charge on any atom is 0.335 e. The SMILES string of the molecule is Cc1cc(Sc2cccc(C(=O)O)c2)ccn1.